The highest BCUT2D eigenvalue weighted by Gasteiger charge is 2.22. The molecule has 1 aliphatic rings. The Morgan fingerprint density at radius 2 is 2.29 bits per heavy atom. The lowest BCUT2D eigenvalue weighted by Gasteiger charge is -2.18. The van der Waals surface area contributed by atoms with Crippen LogP contribution in [0.5, 0.6) is 0 Å². The number of amides is 1. The van der Waals surface area contributed by atoms with E-state index in [9.17, 15) is 9.18 Å². The molecule has 5 nitrogen and oxygen atoms in total. The Hall–Kier alpha value is -2.34. The molecule has 1 aromatic heterocycles. The van der Waals surface area contributed by atoms with Crippen LogP contribution >= 0.6 is 0 Å². The maximum absolute atomic E-state index is 13.4. The van der Waals surface area contributed by atoms with Crippen LogP contribution in [0.25, 0.3) is 0 Å². The van der Waals surface area contributed by atoms with Crippen LogP contribution in [-0.4, -0.2) is 12.5 Å². The molecule has 3 rings (SSSR count). The van der Waals surface area contributed by atoms with Gasteiger partial charge >= 0.3 is 5.91 Å². The summed E-state index contributed by atoms with van der Waals surface area (Å²) in [5, 5.41) is 0. The zero-order chi connectivity index (χ0) is 15.0. The molecule has 0 radical (unpaired) electrons. The Bertz CT molecular complexity index is 696. The van der Waals surface area contributed by atoms with Gasteiger partial charge in [0.2, 0.25) is 0 Å². The molecule has 110 valence electrons. The number of aryl methyl sites for hydroxylation is 1. The van der Waals surface area contributed by atoms with Crippen molar-refractivity contribution >= 4 is 11.6 Å². The third-order valence-electron chi connectivity index (χ3n) is 3.78. The van der Waals surface area contributed by atoms with Gasteiger partial charge in [0.1, 0.15) is 11.6 Å². The van der Waals surface area contributed by atoms with Gasteiger partial charge in [0.05, 0.1) is 0 Å². The summed E-state index contributed by atoms with van der Waals surface area (Å²) < 4.78 is 18.8. The van der Waals surface area contributed by atoms with Crippen molar-refractivity contribution in [2.24, 2.45) is 5.84 Å². The predicted octanol–water partition coefficient (Wildman–Crippen LogP) is 1.89. The molecule has 0 atom stereocenters. The van der Waals surface area contributed by atoms with Gasteiger partial charge in [-0.3, -0.25) is 10.2 Å². The molecule has 2 aromatic rings. The summed E-state index contributed by atoms with van der Waals surface area (Å²) in [6.07, 6.45) is 0.892. The fourth-order valence-electron chi connectivity index (χ4n) is 2.65. The maximum Gasteiger partial charge on any atom is 0.300 e. The molecule has 0 saturated heterocycles. The average Bonchev–Trinajstić information content (AvgIpc) is 3.03. The SMILES string of the molecule is Cc1oc(C(=O)NN)cc1CN1CCc2ccc(F)cc21. The number of carbonyl (C=O) groups excluding carboxylic acids is 1. The number of hydrogen-bond donors (Lipinski definition) is 2. The minimum absolute atomic E-state index is 0.184. The van der Waals surface area contributed by atoms with Gasteiger partial charge in [-0.25, -0.2) is 10.2 Å². The van der Waals surface area contributed by atoms with Crippen LogP contribution in [0, 0.1) is 12.7 Å². The van der Waals surface area contributed by atoms with Crippen molar-refractivity contribution in [1.29, 1.82) is 0 Å². The highest BCUT2D eigenvalue weighted by atomic mass is 19.1. The second-order valence-electron chi connectivity index (χ2n) is 5.11. The van der Waals surface area contributed by atoms with Crippen LogP contribution in [-0.2, 0) is 13.0 Å². The fourth-order valence-corrected chi connectivity index (χ4v) is 2.65. The standard InChI is InChI=1S/C15H16FN3O2/c1-9-11(6-14(21-9)15(20)18-17)8-19-5-4-10-2-3-12(16)7-13(10)19/h2-3,6-7H,4-5,8,17H2,1H3,(H,18,20). The largest absolute Gasteiger partial charge is 0.456 e. The summed E-state index contributed by atoms with van der Waals surface area (Å²) in [5.41, 5.74) is 4.98. The molecule has 0 fully saturated rings. The van der Waals surface area contributed by atoms with E-state index in [4.69, 9.17) is 10.3 Å². The van der Waals surface area contributed by atoms with Crippen molar-refractivity contribution < 1.29 is 13.6 Å². The molecule has 0 aliphatic carbocycles. The maximum atomic E-state index is 13.4. The first-order valence-corrected chi connectivity index (χ1v) is 6.72. The number of nitrogen functional groups attached to an aromatic ring is 1. The van der Waals surface area contributed by atoms with Crippen molar-refractivity contribution in [3.8, 4) is 0 Å². The number of hydrazine groups is 1. The van der Waals surface area contributed by atoms with Gasteiger partial charge < -0.3 is 9.32 Å². The number of nitrogens with one attached hydrogen (secondary N) is 1. The van der Waals surface area contributed by atoms with Crippen LogP contribution < -0.4 is 16.2 Å². The number of benzene rings is 1. The third kappa shape index (κ3) is 2.50. The summed E-state index contributed by atoms with van der Waals surface area (Å²) in [6, 6.07) is 6.52. The number of fused-ring (bicyclic) bond motifs is 1. The van der Waals surface area contributed by atoms with Gasteiger partial charge in [0.15, 0.2) is 5.76 Å². The van der Waals surface area contributed by atoms with Crippen LogP contribution in [0.2, 0.25) is 0 Å². The van der Waals surface area contributed by atoms with E-state index in [2.05, 4.69) is 4.90 Å². The van der Waals surface area contributed by atoms with E-state index in [1.54, 1.807) is 19.1 Å². The third-order valence-corrected chi connectivity index (χ3v) is 3.78. The van der Waals surface area contributed by atoms with E-state index >= 15 is 0 Å². The van der Waals surface area contributed by atoms with Gasteiger partial charge in [-0.15, -0.1) is 0 Å². The zero-order valence-corrected chi connectivity index (χ0v) is 11.6. The highest BCUT2D eigenvalue weighted by molar-refractivity contribution is 5.91. The lowest BCUT2D eigenvalue weighted by atomic mass is 10.1. The van der Waals surface area contributed by atoms with E-state index in [1.165, 1.54) is 6.07 Å². The average molecular weight is 289 g/mol. The molecule has 0 unspecified atom stereocenters. The van der Waals surface area contributed by atoms with E-state index in [1.807, 2.05) is 11.5 Å². The quantitative estimate of drug-likeness (QED) is 0.514. The van der Waals surface area contributed by atoms with E-state index in [-0.39, 0.29) is 11.6 Å². The molecule has 6 heteroatoms. The molecular formula is C15H16FN3O2. The number of rotatable bonds is 3. The first kappa shape index (κ1) is 13.6. The van der Waals surface area contributed by atoms with Crippen molar-refractivity contribution in [2.75, 3.05) is 11.4 Å². The topological polar surface area (TPSA) is 71.5 Å². The van der Waals surface area contributed by atoms with E-state index < -0.39 is 5.91 Å². The van der Waals surface area contributed by atoms with E-state index in [0.717, 1.165) is 29.8 Å². The Morgan fingerprint density at radius 1 is 1.48 bits per heavy atom. The molecule has 21 heavy (non-hydrogen) atoms. The molecule has 0 saturated carbocycles. The number of halogens is 1. The fraction of sp³-hybridized carbons (Fsp3) is 0.267. The number of carbonyl (C=O) groups is 1. The number of nitrogens with two attached hydrogens (primary N) is 1. The molecule has 0 bridgehead atoms. The van der Waals surface area contributed by atoms with E-state index in [0.29, 0.717) is 12.3 Å². The summed E-state index contributed by atoms with van der Waals surface area (Å²) >= 11 is 0. The highest BCUT2D eigenvalue weighted by Crippen LogP contribution is 2.31. The minimum atomic E-state index is -0.461. The van der Waals surface area contributed by atoms with Gasteiger partial charge in [-0.1, -0.05) is 6.07 Å². The summed E-state index contributed by atoms with van der Waals surface area (Å²) in [4.78, 5) is 13.5. The van der Waals surface area contributed by atoms with Crippen molar-refractivity contribution in [2.45, 2.75) is 19.9 Å². The molecule has 3 N–H and O–H groups in total. The Labute approximate surface area is 121 Å². The van der Waals surface area contributed by atoms with Gasteiger partial charge in [-0.2, -0.15) is 0 Å². The monoisotopic (exact) mass is 289 g/mol. The molecule has 1 aromatic carbocycles. The summed E-state index contributed by atoms with van der Waals surface area (Å²) in [7, 11) is 0. The lowest BCUT2D eigenvalue weighted by molar-refractivity contribution is 0.0924. The lowest BCUT2D eigenvalue weighted by Crippen LogP contribution is -2.29. The normalized spacial score (nSPS) is 13.4. The van der Waals surface area contributed by atoms with Crippen LogP contribution in [0.3, 0.4) is 0 Å². The molecule has 1 amide bonds. The number of furan rings is 1. The number of anilines is 1. The molecular weight excluding hydrogens is 273 g/mol. The molecule has 2 heterocycles. The Kier molecular flexibility index (Phi) is 3.39. The summed E-state index contributed by atoms with van der Waals surface area (Å²) in [6.45, 7) is 3.19. The first-order valence-electron chi connectivity index (χ1n) is 6.72. The van der Waals surface area contributed by atoms with Gasteiger partial charge in [-0.05, 0) is 37.1 Å². The molecule has 1 aliphatic heterocycles. The van der Waals surface area contributed by atoms with Gasteiger partial charge in [0, 0.05) is 24.3 Å². The van der Waals surface area contributed by atoms with Crippen molar-refractivity contribution in [3.63, 3.8) is 0 Å². The Morgan fingerprint density at radius 3 is 3.05 bits per heavy atom. The number of nitrogens with zero attached hydrogens (tertiary/aromatic N) is 1. The minimum Gasteiger partial charge on any atom is -0.456 e. The van der Waals surface area contributed by atoms with Crippen LogP contribution in [0.1, 0.15) is 27.4 Å². The van der Waals surface area contributed by atoms with Crippen molar-refractivity contribution in [3.05, 3.63) is 52.7 Å². The summed E-state index contributed by atoms with van der Waals surface area (Å²) in [5.74, 6) is 5.24. The second-order valence-corrected chi connectivity index (χ2v) is 5.11. The Balaban J connectivity index is 1.84. The van der Waals surface area contributed by atoms with Crippen molar-refractivity contribution in [1.82, 2.24) is 5.43 Å². The smallest absolute Gasteiger partial charge is 0.300 e. The number of hydrogen-bond acceptors (Lipinski definition) is 4. The first-order chi connectivity index (χ1) is 10.1. The van der Waals surface area contributed by atoms with Gasteiger partial charge in [0.25, 0.3) is 0 Å². The van der Waals surface area contributed by atoms with Crippen LogP contribution in [0.15, 0.2) is 28.7 Å². The molecule has 0 spiro atoms. The predicted molar refractivity (Wildman–Crippen MR) is 76.3 cm³/mol. The zero-order valence-electron chi connectivity index (χ0n) is 11.6. The second kappa shape index (κ2) is 5.21. The van der Waals surface area contributed by atoms with Crippen LogP contribution in [0.4, 0.5) is 10.1 Å².